The lowest BCUT2D eigenvalue weighted by molar-refractivity contribution is -0.172. The Morgan fingerprint density at radius 3 is 2.53 bits per heavy atom. The van der Waals surface area contributed by atoms with Gasteiger partial charge >= 0.3 is 5.97 Å². The van der Waals surface area contributed by atoms with Crippen molar-refractivity contribution in [2.75, 3.05) is 0 Å². The van der Waals surface area contributed by atoms with E-state index in [1.807, 2.05) is 24.3 Å². The van der Waals surface area contributed by atoms with Crippen molar-refractivity contribution < 1.29 is 19.2 Å². The van der Waals surface area contributed by atoms with Crippen LogP contribution >= 0.6 is 0 Å². The standard InChI is InChI=1S/C13H10N2O4/c16-11-5-6-12(17)15(11)19-13(18)10-7-8-3-1-2-4-9(8)14-10/h1-4,7,14H,5-6H2. The van der Waals surface area contributed by atoms with Crippen LogP contribution in [0.25, 0.3) is 10.9 Å². The van der Waals surface area contributed by atoms with Crippen molar-refractivity contribution in [3.05, 3.63) is 36.0 Å². The zero-order valence-corrected chi connectivity index (χ0v) is 9.88. The van der Waals surface area contributed by atoms with E-state index in [1.54, 1.807) is 6.07 Å². The molecule has 1 N–H and O–H groups in total. The fourth-order valence-electron chi connectivity index (χ4n) is 1.97. The van der Waals surface area contributed by atoms with Crippen LogP contribution in [0.4, 0.5) is 0 Å². The molecule has 1 aromatic carbocycles. The Morgan fingerprint density at radius 1 is 1.16 bits per heavy atom. The molecular weight excluding hydrogens is 248 g/mol. The fourth-order valence-corrected chi connectivity index (χ4v) is 1.97. The minimum Gasteiger partial charge on any atom is -0.349 e. The van der Waals surface area contributed by atoms with Gasteiger partial charge in [-0.2, -0.15) is 0 Å². The van der Waals surface area contributed by atoms with Gasteiger partial charge < -0.3 is 9.82 Å². The average molecular weight is 258 g/mol. The molecule has 2 aromatic rings. The maximum atomic E-state index is 11.9. The molecule has 0 spiro atoms. The number of carbonyl (C=O) groups excluding carboxylic acids is 3. The lowest BCUT2D eigenvalue weighted by Crippen LogP contribution is -2.32. The summed E-state index contributed by atoms with van der Waals surface area (Å²) in [7, 11) is 0. The number of aromatic nitrogens is 1. The number of carbonyl (C=O) groups is 3. The molecule has 0 radical (unpaired) electrons. The highest BCUT2D eigenvalue weighted by Gasteiger charge is 2.33. The molecule has 0 atom stereocenters. The fraction of sp³-hybridized carbons (Fsp3) is 0.154. The number of fused-ring (bicyclic) bond motifs is 1. The Kier molecular flexibility index (Phi) is 2.56. The minimum absolute atomic E-state index is 0.0822. The van der Waals surface area contributed by atoms with E-state index in [1.165, 1.54) is 0 Å². The maximum absolute atomic E-state index is 11.9. The van der Waals surface area contributed by atoms with Gasteiger partial charge in [0.15, 0.2) is 0 Å². The number of H-pyrrole nitrogens is 1. The molecule has 0 bridgehead atoms. The predicted molar refractivity (Wildman–Crippen MR) is 64.8 cm³/mol. The Labute approximate surface area is 107 Å². The van der Waals surface area contributed by atoms with E-state index >= 15 is 0 Å². The summed E-state index contributed by atoms with van der Waals surface area (Å²) in [5.74, 6) is -1.73. The van der Waals surface area contributed by atoms with E-state index in [0.29, 0.717) is 5.06 Å². The van der Waals surface area contributed by atoms with E-state index < -0.39 is 17.8 Å². The molecule has 1 saturated heterocycles. The number of benzene rings is 1. The first-order valence-corrected chi connectivity index (χ1v) is 5.81. The van der Waals surface area contributed by atoms with Crippen LogP contribution in [0.15, 0.2) is 30.3 Å². The summed E-state index contributed by atoms with van der Waals surface area (Å²) in [5, 5.41) is 1.39. The maximum Gasteiger partial charge on any atom is 0.379 e. The third-order valence-electron chi connectivity index (χ3n) is 2.93. The van der Waals surface area contributed by atoms with Crippen LogP contribution in [-0.4, -0.2) is 27.8 Å². The van der Waals surface area contributed by atoms with Gasteiger partial charge in [0.2, 0.25) is 0 Å². The van der Waals surface area contributed by atoms with Crippen molar-refractivity contribution in [2.45, 2.75) is 12.8 Å². The second kappa shape index (κ2) is 4.24. The Balaban J connectivity index is 1.84. The third kappa shape index (κ3) is 1.97. The average Bonchev–Trinajstić information content (AvgIpc) is 2.97. The van der Waals surface area contributed by atoms with Gasteiger partial charge in [-0.3, -0.25) is 9.59 Å². The normalized spacial score (nSPS) is 15.3. The van der Waals surface area contributed by atoms with E-state index in [2.05, 4.69) is 4.98 Å². The zero-order chi connectivity index (χ0) is 13.4. The molecule has 96 valence electrons. The van der Waals surface area contributed by atoms with Crippen molar-refractivity contribution >= 4 is 28.7 Å². The zero-order valence-electron chi connectivity index (χ0n) is 9.88. The molecule has 1 fully saturated rings. The smallest absolute Gasteiger partial charge is 0.349 e. The first-order valence-electron chi connectivity index (χ1n) is 5.81. The number of nitrogens with one attached hydrogen (secondary N) is 1. The third-order valence-corrected chi connectivity index (χ3v) is 2.93. The molecule has 19 heavy (non-hydrogen) atoms. The molecule has 3 rings (SSSR count). The topological polar surface area (TPSA) is 79.5 Å². The first-order chi connectivity index (χ1) is 9.15. The SMILES string of the molecule is O=C(ON1C(=O)CCC1=O)c1cc2ccccc2[nH]1. The number of para-hydroxylation sites is 1. The number of hydrogen-bond acceptors (Lipinski definition) is 4. The monoisotopic (exact) mass is 258 g/mol. The first kappa shape index (κ1) is 11.5. The van der Waals surface area contributed by atoms with Crippen LogP contribution in [-0.2, 0) is 14.4 Å². The Hall–Kier alpha value is -2.63. The number of hydroxylamine groups is 2. The molecule has 2 heterocycles. The Bertz CT molecular complexity index is 640. The number of nitrogens with zero attached hydrogens (tertiary/aromatic N) is 1. The van der Waals surface area contributed by atoms with Crippen LogP contribution in [0.2, 0.25) is 0 Å². The summed E-state index contributed by atoms with van der Waals surface area (Å²) >= 11 is 0. The molecule has 6 nitrogen and oxygen atoms in total. The van der Waals surface area contributed by atoms with Crippen molar-refractivity contribution in [1.82, 2.24) is 10.0 Å². The number of hydrogen-bond donors (Lipinski definition) is 1. The molecule has 1 aromatic heterocycles. The summed E-state index contributed by atoms with van der Waals surface area (Å²) in [4.78, 5) is 42.2. The van der Waals surface area contributed by atoms with Crippen molar-refractivity contribution in [3.8, 4) is 0 Å². The number of rotatable bonds is 2. The van der Waals surface area contributed by atoms with E-state index in [-0.39, 0.29) is 18.5 Å². The van der Waals surface area contributed by atoms with Crippen LogP contribution < -0.4 is 0 Å². The summed E-state index contributed by atoms with van der Waals surface area (Å²) in [6.07, 6.45) is 0.164. The molecule has 0 unspecified atom stereocenters. The molecule has 0 aliphatic carbocycles. The molecule has 1 aliphatic rings. The van der Waals surface area contributed by atoms with Gasteiger partial charge in [0.1, 0.15) is 5.69 Å². The van der Waals surface area contributed by atoms with E-state index in [4.69, 9.17) is 4.84 Å². The summed E-state index contributed by atoms with van der Waals surface area (Å²) in [6.45, 7) is 0. The van der Waals surface area contributed by atoms with Crippen molar-refractivity contribution in [3.63, 3.8) is 0 Å². The highest BCUT2D eigenvalue weighted by atomic mass is 16.7. The summed E-state index contributed by atoms with van der Waals surface area (Å²) in [5.41, 5.74) is 0.988. The van der Waals surface area contributed by atoms with Gasteiger partial charge in [0.25, 0.3) is 11.8 Å². The molecule has 1 aliphatic heterocycles. The predicted octanol–water partition coefficient (Wildman–Crippen LogP) is 1.39. The van der Waals surface area contributed by atoms with Crippen LogP contribution in [0, 0.1) is 0 Å². The van der Waals surface area contributed by atoms with Gasteiger partial charge in [-0.05, 0) is 12.1 Å². The summed E-state index contributed by atoms with van der Waals surface area (Å²) < 4.78 is 0. The van der Waals surface area contributed by atoms with Crippen LogP contribution in [0.3, 0.4) is 0 Å². The number of aromatic amines is 1. The van der Waals surface area contributed by atoms with Crippen LogP contribution in [0.5, 0.6) is 0 Å². The Morgan fingerprint density at radius 2 is 1.84 bits per heavy atom. The van der Waals surface area contributed by atoms with Gasteiger partial charge in [-0.15, -0.1) is 5.06 Å². The largest absolute Gasteiger partial charge is 0.379 e. The van der Waals surface area contributed by atoms with Gasteiger partial charge in [-0.25, -0.2) is 4.79 Å². The van der Waals surface area contributed by atoms with E-state index in [0.717, 1.165) is 10.9 Å². The molecule has 6 heteroatoms. The minimum atomic E-state index is -0.750. The van der Waals surface area contributed by atoms with Gasteiger partial charge in [0, 0.05) is 23.7 Å². The highest BCUT2D eigenvalue weighted by molar-refractivity contribution is 6.03. The lowest BCUT2D eigenvalue weighted by atomic mass is 10.2. The summed E-state index contributed by atoms with van der Waals surface area (Å²) in [6, 6.07) is 8.95. The second-order valence-corrected chi connectivity index (χ2v) is 4.23. The van der Waals surface area contributed by atoms with Gasteiger partial charge in [0.05, 0.1) is 0 Å². The highest BCUT2D eigenvalue weighted by Crippen LogP contribution is 2.17. The van der Waals surface area contributed by atoms with Gasteiger partial charge in [-0.1, -0.05) is 18.2 Å². The quantitative estimate of drug-likeness (QED) is 0.825. The molecule has 2 amide bonds. The lowest BCUT2D eigenvalue weighted by Gasteiger charge is -2.11. The number of imide groups is 1. The van der Waals surface area contributed by atoms with Crippen molar-refractivity contribution in [1.29, 1.82) is 0 Å². The second-order valence-electron chi connectivity index (χ2n) is 4.23. The molecule has 0 saturated carbocycles. The molecular formula is C13H10N2O4. The van der Waals surface area contributed by atoms with Crippen LogP contribution in [0.1, 0.15) is 23.3 Å². The van der Waals surface area contributed by atoms with E-state index in [9.17, 15) is 14.4 Å². The number of amides is 2. The van der Waals surface area contributed by atoms with Crippen molar-refractivity contribution in [2.24, 2.45) is 0 Å².